The first-order valence-corrected chi connectivity index (χ1v) is 6.30. The zero-order valence-corrected chi connectivity index (χ0v) is 11.0. The van der Waals surface area contributed by atoms with Crippen LogP contribution < -0.4 is 10.6 Å². The molecule has 1 aliphatic rings. The van der Waals surface area contributed by atoms with Gasteiger partial charge in [0.1, 0.15) is 5.76 Å². The molecule has 0 spiro atoms. The van der Waals surface area contributed by atoms with Gasteiger partial charge in [-0.15, -0.1) is 0 Å². The van der Waals surface area contributed by atoms with Crippen LogP contribution in [0.4, 0.5) is 0 Å². The molecule has 3 nitrogen and oxygen atoms in total. The Labute approximate surface area is 99.3 Å². The van der Waals surface area contributed by atoms with E-state index in [1.165, 1.54) is 0 Å². The second-order valence-electron chi connectivity index (χ2n) is 5.77. The summed E-state index contributed by atoms with van der Waals surface area (Å²) in [5.74, 6) is 0.524. The van der Waals surface area contributed by atoms with Crippen molar-refractivity contribution in [1.82, 2.24) is 10.6 Å². The molecule has 2 atom stereocenters. The lowest BCUT2D eigenvalue weighted by atomic mass is 10.1. The minimum absolute atomic E-state index is 0.185. The van der Waals surface area contributed by atoms with Crippen molar-refractivity contribution in [3.63, 3.8) is 0 Å². The summed E-state index contributed by atoms with van der Waals surface area (Å²) in [4.78, 5) is 0. The van der Waals surface area contributed by atoms with E-state index in [9.17, 15) is 5.11 Å². The molecule has 0 aromatic heterocycles. The molecule has 3 N–H and O–H groups in total. The number of hydrogen-bond donors (Lipinski definition) is 3. The predicted molar refractivity (Wildman–Crippen MR) is 68.7 cm³/mol. The number of rotatable bonds is 5. The largest absolute Gasteiger partial charge is 0.511 e. The zero-order valence-electron chi connectivity index (χ0n) is 11.0. The van der Waals surface area contributed by atoms with Gasteiger partial charge in [-0.3, -0.25) is 0 Å². The monoisotopic (exact) mass is 226 g/mol. The molecule has 0 saturated heterocycles. The van der Waals surface area contributed by atoms with Gasteiger partial charge in [0.15, 0.2) is 0 Å². The molecule has 0 aromatic rings. The lowest BCUT2D eigenvalue weighted by molar-refractivity contribution is 0.342. The fraction of sp³-hybridized carbons (Fsp3) is 0.846. The molecule has 94 valence electrons. The van der Waals surface area contributed by atoms with E-state index in [1.807, 2.05) is 6.08 Å². The Hall–Kier alpha value is -0.540. The minimum Gasteiger partial charge on any atom is -0.511 e. The van der Waals surface area contributed by atoms with E-state index in [0.717, 1.165) is 25.8 Å². The molecule has 0 amide bonds. The highest BCUT2D eigenvalue weighted by Crippen LogP contribution is 2.15. The van der Waals surface area contributed by atoms with Crippen molar-refractivity contribution in [2.45, 2.75) is 64.6 Å². The SMILES string of the molecule is C[C@H]1C=C(O)[C@@H](CCCCNC(C)(C)C)N1. The van der Waals surface area contributed by atoms with Crippen LogP contribution in [0.5, 0.6) is 0 Å². The number of aliphatic hydroxyl groups is 1. The van der Waals surface area contributed by atoms with E-state index in [4.69, 9.17) is 0 Å². The van der Waals surface area contributed by atoms with Gasteiger partial charge in [0.2, 0.25) is 0 Å². The Bertz CT molecular complexity index is 243. The van der Waals surface area contributed by atoms with Crippen molar-refractivity contribution in [1.29, 1.82) is 0 Å². The molecule has 0 aliphatic carbocycles. The third-order valence-electron chi connectivity index (χ3n) is 2.82. The second kappa shape index (κ2) is 5.69. The first-order chi connectivity index (χ1) is 7.38. The highest BCUT2D eigenvalue weighted by Gasteiger charge is 2.21. The standard InChI is InChI=1S/C13H26N2O/c1-10-9-12(16)11(15-10)7-5-6-8-14-13(2,3)4/h9-11,14-16H,5-8H2,1-4H3/t10-,11+/m0/s1. The number of nitrogens with one attached hydrogen (secondary N) is 2. The third kappa shape index (κ3) is 4.99. The molecule has 0 fully saturated rings. The Balaban J connectivity index is 2.06. The van der Waals surface area contributed by atoms with Crippen LogP contribution in [0.3, 0.4) is 0 Å². The molecule has 16 heavy (non-hydrogen) atoms. The second-order valence-corrected chi connectivity index (χ2v) is 5.77. The van der Waals surface area contributed by atoms with Crippen LogP contribution in [0.1, 0.15) is 47.0 Å². The highest BCUT2D eigenvalue weighted by atomic mass is 16.3. The molecular formula is C13H26N2O. The lowest BCUT2D eigenvalue weighted by Gasteiger charge is -2.20. The lowest BCUT2D eigenvalue weighted by Crippen LogP contribution is -2.36. The van der Waals surface area contributed by atoms with Crippen molar-refractivity contribution < 1.29 is 5.11 Å². The Morgan fingerprint density at radius 2 is 2.06 bits per heavy atom. The summed E-state index contributed by atoms with van der Waals surface area (Å²) < 4.78 is 0. The average molecular weight is 226 g/mol. The molecule has 0 bridgehead atoms. The van der Waals surface area contributed by atoms with Gasteiger partial charge in [0.05, 0.1) is 6.04 Å². The summed E-state index contributed by atoms with van der Waals surface area (Å²) in [7, 11) is 0. The van der Waals surface area contributed by atoms with Crippen molar-refractivity contribution in [3.05, 3.63) is 11.8 Å². The molecule has 0 saturated carbocycles. The smallest absolute Gasteiger partial charge is 0.107 e. The van der Waals surface area contributed by atoms with Gasteiger partial charge in [-0.1, -0.05) is 6.42 Å². The van der Waals surface area contributed by atoms with Crippen LogP contribution in [-0.2, 0) is 0 Å². The Morgan fingerprint density at radius 3 is 2.56 bits per heavy atom. The predicted octanol–water partition coefficient (Wildman–Crippen LogP) is 2.35. The van der Waals surface area contributed by atoms with E-state index >= 15 is 0 Å². The molecule has 1 aliphatic heterocycles. The minimum atomic E-state index is 0.185. The first-order valence-electron chi connectivity index (χ1n) is 6.30. The normalized spacial score (nSPS) is 25.9. The summed E-state index contributed by atoms with van der Waals surface area (Å²) >= 11 is 0. The van der Waals surface area contributed by atoms with Crippen LogP contribution in [0.15, 0.2) is 11.8 Å². The van der Waals surface area contributed by atoms with Crippen LogP contribution >= 0.6 is 0 Å². The van der Waals surface area contributed by atoms with Gasteiger partial charge in [-0.25, -0.2) is 0 Å². The maximum Gasteiger partial charge on any atom is 0.107 e. The molecular weight excluding hydrogens is 200 g/mol. The molecule has 1 rings (SSSR count). The zero-order chi connectivity index (χ0) is 12.2. The summed E-state index contributed by atoms with van der Waals surface area (Å²) in [6.45, 7) is 9.67. The molecule has 3 heteroatoms. The van der Waals surface area contributed by atoms with Gasteiger partial charge < -0.3 is 15.7 Å². The number of aliphatic hydroxyl groups excluding tert-OH is 1. The van der Waals surface area contributed by atoms with Crippen molar-refractivity contribution >= 4 is 0 Å². The van der Waals surface area contributed by atoms with Gasteiger partial charge in [-0.05, 0) is 53.2 Å². The van der Waals surface area contributed by atoms with Gasteiger partial charge in [0.25, 0.3) is 0 Å². The summed E-state index contributed by atoms with van der Waals surface area (Å²) in [6.07, 6.45) is 5.24. The van der Waals surface area contributed by atoms with E-state index in [0.29, 0.717) is 11.8 Å². The maximum atomic E-state index is 9.63. The van der Waals surface area contributed by atoms with E-state index < -0.39 is 0 Å². The fourth-order valence-corrected chi connectivity index (χ4v) is 1.99. The van der Waals surface area contributed by atoms with Gasteiger partial charge in [0, 0.05) is 11.6 Å². The van der Waals surface area contributed by atoms with Crippen LogP contribution in [0.2, 0.25) is 0 Å². The van der Waals surface area contributed by atoms with Crippen molar-refractivity contribution in [3.8, 4) is 0 Å². The first kappa shape index (κ1) is 13.5. The van der Waals surface area contributed by atoms with Gasteiger partial charge in [-0.2, -0.15) is 0 Å². The van der Waals surface area contributed by atoms with E-state index in [1.54, 1.807) is 0 Å². The number of unbranched alkanes of at least 4 members (excludes halogenated alkanes) is 1. The van der Waals surface area contributed by atoms with Crippen molar-refractivity contribution in [2.75, 3.05) is 6.54 Å². The van der Waals surface area contributed by atoms with E-state index in [2.05, 4.69) is 38.3 Å². The topological polar surface area (TPSA) is 44.3 Å². The Kier molecular flexibility index (Phi) is 4.81. The van der Waals surface area contributed by atoms with Gasteiger partial charge >= 0.3 is 0 Å². The number of hydrogen-bond acceptors (Lipinski definition) is 3. The third-order valence-corrected chi connectivity index (χ3v) is 2.82. The summed E-state index contributed by atoms with van der Waals surface area (Å²) in [6, 6.07) is 0.502. The summed E-state index contributed by atoms with van der Waals surface area (Å²) in [5.41, 5.74) is 0.210. The highest BCUT2D eigenvalue weighted by molar-refractivity contribution is 5.13. The molecule has 0 unspecified atom stereocenters. The van der Waals surface area contributed by atoms with Crippen LogP contribution in [-0.4, -0.2) is 29.3 Å². The summed E-state index contributed by atoms with van der Waals surface area (Å²) in [5, 5.41) is 16.4. The van der Waals surface area contributed by atoms with Crippen LogP contribution in [0.25, 0.3) is 0 Å². The molecule has 0 aromatic carbocycles. The fourth-order valence-electron chi connectivity index (χ4n) is 1.99. The Morgan fingerprint density at radius 1 is 1.38 bits per heavy atom. The quantitative estimate of drug-likeness (QED) is 0.631. The van der Waals surface area contributed by atoms with Crippen molar-refractivity contribution in [2.24, 2.45) is 0 Å². The maximum absolute atomic E-state index is 9.63. The van der Waals surface area contributed by atoms with E-state index in [-0.39, 0.29) is 11.6 Å². The average Bonchev–Trinajstić information content (AvgIpc) is 2.42. The molecule has 1 heterocycles. The van der Waals surface area contributed by atoms with Crippen LogP contribution in [0, 0.1) is 0 Å². The molecule has 0 radical (unpaired) electrons.